The first-order valence-corrected chi connectivity index (χ1v) is 5.35. The van der Waals surface area contributed by atoms with Gasteiger partial charge in [-0.15, -0.1) is 0 Å². The van der Waals surface area contributed by atoms with Crippen molar-refractivity contribution in [2.24, 2.45) is 0 Å². The maximum Gasteiger partial charge on any atom is 0.338 e. The molecule has 0 aliphatic rings. The molecule has 16 heavy (non-hydrogen) atoms. The maximum atomic E-state index is 11.5. The summed E-state index contributed by atoms with van der Waals surface area (Å²) in [4.78, 5) is 11.5. The molecule has 0 aliphatic heterocycles. The number of carbonyl (C=O) groups is 1. The van der Waals surface area contributed by atoms with Gasteiger partial charge in [0.1, 0.15) is 6.61 Å². The summed E-state index contributed by atoms with van der Waals surface area (Å²) in [7, 11) is 0. The minimum Gasteiger partial charge on any atom is -0.460 e. The molecule has 88 valence electrons. The monoisotopic (exact) mass is 222 g/mol. The van der Waals surface area contributed by atoms with Gasteiger partial charge >= 0.3 is 5.97 Å². The van der Waals surface area contributed by atoms with Gasteiger partial charge in [0.2, 0.25) is 0 Å². The second-order valence-electron chi connectivity index (χ2n) is 4.46. The van der Waals surface area contributed by atoms with Crippen LogP contribution in [0.1, 0.15) is 31.1 Å². The summed E-state index contributed by atoms with van der Waals surface area (Å²) < 4.78 is 10.5. The van der Waals surface area contributed by atoms with Crippen LogP contribution >= 0.6 is 0 Å². The van der Waals surface area contributed by atoms with Crippen LogP contribution in [0.4, 0.5) is 0 Å². The van der Waals surface area contributed by atoms with Gasteiger partial charge in [-0.05, 0) is 32.9 Å². The van der Waals surface area contributed by atoms with Gasteiger partial charge in [-0.1, -0.05) is 18.2 Å². The molecule has 0 unspecified atom stereocenters. The predicted octanol–water partition coefficient (Wildman–Crippen LogP) is 2.66. The van der Waals surface area contributed by atoms with Crippen molar-refractivity contribution in [3.05, 3.63) is 35.9 Å². The van der Waals surface area contributed by atoms with E-state index in [9.17, 15) is 4.79 Å². The molecule has 0 saturated heterocycles. The van der Waals surface area contributed by atoms with Gasteiger partial charge in [-0.3, -0.25) is 0 Å². The van der Waals surface area contributed by atoms with Crippen LogP contribution in [0, 0.1) is 0 Å². The molecule has 1 rings (SSSR count). The predicted molar refractivity (Wildman–Crippen MR) is 62.4 cm³/mol. The zero-order valence-corrected chi connectivity index (χ0v) is 10.0. The summed E-state index contributed by atoms with van der Waals surface area (Å²) in [5.41, 5.74) is 0.373. The second-order valence-corrected chi connectivity index (χ2v) is 4.46. The molecule has 3 nitrogen and oxygen atoms in total. The zero-order chi connectivity index (χ0) is 12.0. The van der Waals surface area contributed by atoms with E-state index in [0.717, 1.165) is 0 Å². The van der Waals surface area contributed by atoms with E-state index in [1.165, 1.54) is 0 Å². The third-order valence-corrected chi connectivity index (χ3v) is 1.86. The van der Waals surface area contributed by atoms with Crippen LogP contribution in [-0.2, 0) is 9.47 Å². The standard InChI is InChI=1S/C13H18O3/c1-13(2,3)16-10-9-15-12(14)11-7-5-4-6-8-11/h4-8H,9-10H2,1-3H3. The van der Waals surface area contributed by atoms with Crippen LogP contribution in [0.15, 0.2) is 30.3 Å². The molecule has 1 aromatic carbocycles. The van der Waals surface area contributed by atoms with Crippen molar-refractivity contribution in [1.29, 1.82) is 0 Å². The molecular formula is C13H18O3. The Bertz CT molecular complexity index is 325. The van der Waals surface area contributed by atoms with Gasteiger partial charge in [0.05, 0.1) is 17.8 Å². The fraction of sp³-hybridized carbons (Fsp3) is 0.462. The SMILES string of the molecule is CC(C)(C)OCCOC(=O)c1ccccc1. The van der Waals surface area contributed by atoms with Gasteiger partial charge in [0.15, 0.2) is 0 Å². The Morgan fingerprint density at radius 1 is 1.12 bits per heavy atom. The Balaban J connectivity index is 2.27. The average Bonchev–Trinajstić information content (AvgIpc) is 2.24. The van der Waals surface area contributed by atoms with Crippen molar-refractivity contribution in [2.75, 3.05) is 13.2 Å². The fourth-order valence-corrected chi connectivity index (χ4v) is 1.14. The van der Waals surface area contributed by atoms with Crippen LogP contribution in [-0.4, -0.2) is 24.8 Å². The first-order chi connectivity index (χ1) is 7.49. The molecule has 0 radical (unpaired) electrons. The number of rotatable bonds is 4. The van der Waals surface area contributed by atoms with E-state index in [-0.39, 0.29) is 18.2 Å². The molecule has 1 aromatic rings. The molecule has 0 N–H and O–H groups in total. The van der Waals surface area contributed by atoms with E-state index < -0.39 is 0 Å². The summed E-state index contributed by atoms with van der Waals surface area (Å²) in [6.45, 7) is 6.59. The lowest BCUT2D eigenvalue weighted by molar-refractivity contribution is -0.0281. The summed E-state index contributed by atoms with van der Waals surface area (Å²) in [6, 6.07) is 8.93. The van der Waals surface area contributed by atoms with Crippen molar-refractivity contribution >= 4 is 5.97 Å². The van der Waals surface area contributed by atoms with Crippen LogP contribution in [0.5, 0.6) is 0 Å². The first kappa shape index (κ1) is 12.7. The highest BCUT2D eigenvalue weighted by molar-refractivity contribution is 5.89. The van der Waals surface area contributed by atoms with Crippen molar-refractivity contribution in [1.82, 2.24) is 0 Å². The van der Waals surface area contributed by atoms with Gasteiger partial charge < -0.3 is 9.47 Å². The van der Waals surface area contributed by atoms with E-state index in [0.29, 0.717) is 12.2 Å². The van der Waals surface area contributed by atoms with E-state index in [4.69, 9.17) is 9.47 Å². The van der Waals surface area contributed by atoms with Crippen LogP contribution in [0.2, 0.25) is 0 Å². The Morgan fingerprint density at radius 3 is 2.31 bits per heavy atom. The number of hydrogen-bond acceptors (Lipinski definition) is 3. The zero-order valence-electron chi connectivity index (χ0n) is 10.0. The smallest absolute Gasteiger partial charge is 0.338 e. The van der Waals surface area contributed by atoms with Crippen LogP contribution in [0.25, 0.3) is 0 Å². The Kier molecular flexibility index (Phi) is 4.50. The third-order valence-electron chi connectivity index (χ3n) is 1.86. The minimum atomic E-state index is -0.307. The van der Waals surface area contributed by atoms with Crippen LogP contribution in [0.3, 0.4) is 0 Å². The molecule has 0 bridgehead atoms. The fourth-order valence-electron chi connectivity index (χ4n) is 1.14. The number of hydrogen-bond donors (Lipinski definition) is 0. The Morgan fingerprint density at radius 2 is 1.75 bits per heavy atom. The van der Waals surface area contributed by atoms with Crippen molar-refractivity contribution in [2.45, 2.75) is 26.4 Å². The highest BCUT2D eigenvalue weighted by atomic mass is 16.6. The highest BCUT2D eigenvalue weighted by Gasteiger charge is 2.10. The molecule has 0 spiro atoms. The quantitative estimate of drug-likeness (QED) is 0.580. The minimum absolute atomic E-state index is 0.195. The van der Waals surface area contributed by atoms with E-state index in [1.54, 1.807) is 12.1 Å². The molecular weight excluding hydrogens is 204 g/mol. The number of ether oxygens (including phenoxy) is 2. The van der Waals surface area contributed by atoms with Gasteiger partial charge in [-0.2, -0.15) is 0 Å². The van der Waals surface area contributed by atoms with Crippen LogP contribution < -0.4 is 0 Å². The van der Waals surface area contributed by atoms with Gasteiger partial charge in [0.25, 0.3) is 0 Å². The normalized spacial score (nSPS) is 11.2. The second kappa shape index (κ2) is 5.66. The summed E-state index contributed by atoms with van der Waals surface area (Å²) in [5, 5.41) is 0. The molecule has 3 heteroatoms. The van der Waals surface area contributed by atoms with E-state index in [1.807, 2.05) is 39.0 Å². The lowest BCUT2D eigenvalue weighted by Crippen LogP contribution is -2.22. The van der Waals surface area contributed by atoms with Gasteiger partial charge in [0, 0.05) is 0 Å². The Labute approximate surface area is 96.4 Å². The average molecular weight is 222 g/mol. The van der Waals surface area contributed by atoms with Gasteiger partial charge in [-0.25, -0.2) is 4.79 Å². The third kappa shape index (κ3) is 4.94. The van der Waals surface area contributed by atoms with Crippen molar-refractivity contribution in [3.63, 3.8) is 0 Å². The van der Waals surface area contributed by atoms with Crippen molar-refractivity contribution in [3.8, 4) is 0 Å². The largest absolute Gasteiger partial charge is 0.460 e. The van der Waals surface area contributed by atoms with E-state index >= 15 is 0 Å². The number of benzene rings is 1. The summed E-state index contributed by atoms with van der Waals surface area (Å²) >= 11 is 0. The van der Waals surface area contributed by atoms with Crippen molar-refractivity contribution < 1.29 is 14.3 Å². The number of esters is 1. The summed E-state index contributed by atoms with van der Waals surface area (Å²) in [6.07, 6.45) is 0. The molecule has 0 saturated carbocycles. The molecule has 0 amide bonds. The highest BCUT2D eigenvalue weighted by Crippen LogP contribution is 2.06. The molecule has 0 heterocycles. The molecule has 0 aliphatic carbocycles. The number of carbonyl (C=O) groups excluding carboxylic acids is 1. The lowest BCUT2D eigenvalue weighted by Gasteiger charge is -2.19. The Hall–Kier alpha value is -1.35. The molecule has 0 aromatic heterocycles. The first-order valence-electron chi connectivity index (χ1n) is 5.35. The summed E-state index contributed by atoms with van der Waals surface area (Å²) in [5.74, 6) is -0.307. The topological polar surface area (TPSA) is 35.5 Å². The molecule has 0 atom stereocenters. The lowest BCUT2D eigenvalue weighted by atomic mass is 10.2. The van der Waals surface area contributed by atoms with E-state index in [2.05, 4.69) is 0 Å². The molecule has 0 fully saturated rings. The maximum absolute atomic E-state index is 11.5.